The topological polar surface area (TPSA) is 29.3 Å². The van der Waals surface area contributed by atoms with E-state index in [-0.39, 0.29) is 5.82 Å². The van der Waals surface area contributed by atoms with Crippen molar-refractivity contribution in [2.45, 2.75) is 31.8 Å². The minimum atomic E-state index is -0.211. The van der Waals surface area contributed by atoms with Crippen molar-refractivity contribution in [3.63, 3.8) is 0 Å². The standard InChI is InChI=1S/C13H16BrFN2S/c14-13-9(2-1-3-11(13)15)8-17(10-4-5-10)7-6-12(16)18/h1-3,10H,4-8H2,(H2,16,18). The largest absolute Gasteiger partial charge is 0.393 e. The van der Waals surface area contributed by atoms with Crippen molar-refractivity contribution >= 4 is 33.1 Å². The van der Waals surface area contributed by atoms with Gasteiger partial charge in [0.25, 0.3) is 0 Å². The number of rotatable bonds is 6. The summed E-state index contributed by atoms with van der Waals surface area (Å²) in [6.07, 6.45) is 3.15. The molecule has 2 nitrogen and oxygen atoms in total. The molecule has 0 unspecified atom stereocenters. The molecule has 0 radical (unpaired) electrons. The lowest BCUT2D eigenvalue weighted by atomic mass is 10.2. The van der Waals surface area contributed by atoms with Gasteiger partial charge in [-0.15, -0.1) is 0 Å². The van der Waals surface area contributed by atoms with Crippen LogP contribution in [0.4, 0.5) is 4.39 Å². The van der Waals surface area contributed by atoms with Gasteiger partial charge in [-0.25, -0.2) is 4.39 Å². The molecular weight excluding hydrogens is 315 g/mol. The highest BCUT2D eigenvalue weighted by molar-refractivity contribution is 9.10. The SMILES string of the molecule is NC(=S)CCN(Cc1cccc(F)c1Br)C1CC1. The summed E-state index contributed by atoms with van der Waals surface area (Å²) in [5, 5.41) is 0. The molecule has 98 valence electrons. The molecule has 2 N–H and O–H groups in total. The van der Waals surface area contributed by atoms with Crippen LogP contribution < -0.4 is 5.73 Å². The first-order chi connectivity index (χ1) is 8.58. The summed E-state index contributed by atoms with van der Waals surface area (Å²) in [6.45, 7) is 1.59. The number of thiocarbonyl (C=S) groups is 1. The molecule has 0 atom stereocenters. The van der Waals surface area contributed by atoms with E-state index < -0.39 is 0 Å². The summed E-state index contributed by atoms with van der Waals surface area (Å²) < 4.78 is 14.0. The van der Waals surface area contributed by atoms with Gasteiger partial charge in [0.05, 0.1) is 9.46 Å². The molecule has 1 saturated carbocycles. The van der Waals surface area contributed by atoms with Crippen molar-refractivity contribution in [3.05, 3.63) is 34.1 Å². The second-order valence-corrected chi connectivity index (χ2v) is 5.95. The number of nitrogens with two attached hydrogens (primary N) is 1. The van der Waals surface area contributed by atoms with Gasteiger partial charge in [-0.05, 0) is 40.4 Å². The minimum Gasteiger partial charge on any atom is -0.393 e. The van der Waals surface area contributed by atoms with Gasteiger partial charge < -0.3 is 5.73 Å². The zero-order valence-corrected chi connectivity index (χ0v) is 12.4. The molecule has 1 aliphatic rings. The molecule has 0 aliphatic heterocycles. The van der Waals surface area contributed by atoms with Crippen LogP contribution in [0.3, 0.4) is 0 Å². The second kappa shape index (κ2) is 6.08. The summed E-state index contributed by atoms with van der Waals surface area (Å²) in [5.41, 5.74) is 6.52. The number of nitrogens with zero attached hydrogens (tertiary/aromatic N) is 1. The highest BCUT2D eigenvalue weighted by Crippen LogP contribution is 2.30. The van der Waals surface area contributed by atoms with Crippen molar-refractivity contribution in [1.29, 1.82) is 0 Å². The lowest BCUT2D eigenvalue weighted by Crippen LogP contribution is -2.29. The maximum Gasteiger partial charge on any atom is 0.137 e. The Morgan fingerprint density at radius 2 is 2.22 bits per heavy atom. The van der Waals surface area contributed by atoms with Crippen LogP contribution in [0, 0.1) is 5.82 Å². The van der Waals surface area contributed by atoms with E-state index in [1.165, 1.54) is 18.9 Å². The smallest absolute Gasteiger partial charge is 0.137 e. The van der Waals surface area contributed by atoms with E-state index in [0.717, 1.165) is 25.1 Å². The Bertz CT molecular complexity index is 449. The summed E-state index contributed by atoms with van der Waals surface area (Å²) in [5.74, 6) is -0.211. The van der Waals surface area contributed by atoms with Crippen molar-refractivity contribution in [2.75, 3.05) is 6.54 Å². The number of benzene rings is 1. The number of hydrogen-bond acceptors (Lipinski definition) is 2. The number of hydrogen-bond donors (Lipinski definition) is 1. The molecule has 0 aromatic heterocycles. The monoisotopic (exact) mass is 330 g/mol. The van der Waals surface area contributed by atoms with Crippen LogP contribution in [0.15, 0.2) is 22.7 Å². The van der Waals surface area contributed by atoms with E-state index in [2.05, 4.69) is 20.8 Å². The fourth-order valence-electron chi connectivity index (χ4n) is 1.97. The fraction of sp³-hybridized carbons (Fsp3) is 0.462. The van der Waals surface area contributed by atoms with Crippen molar-refractivity contribution < 1.29 is 4.39 Å². The Morgan fingerprint density at radius 1 is 1.50 bits per heavy atom. The number of halogens is 2. The van der Waals surface area contributed by atoms with Gasteiger partial charge in [0, 0.05) is 25.6 Å². The maximum absolute atomic E-state index is 13.5. The summed E-state index contributed by atoms with van der Waals surface area (Å²) >= 11 is 8.22. The third-order valence-corrected chi connectivity index (χ3v) is 4.21. The Hall–Kier alpha value is -0.520. The lowest BCUT2D eigenvalue weighted by Gasteiger charge is -2.22. The molecule has 0 bridgehead atoms. The van der Waals surface area contributed by atoms with Crippen LogP contribution in [0.1, 0.15) is 24.8 Å². The molecule has 1 fully saturated rings. The van der Waals surface area contributed by atoms with Crippen LogP contribution in [-0.4, -0.2) is 22.5 Å². The Labute approximate surface area is 120 Å². The molecule has 1 aromatic rings. The van der Waals surface area contributed by atoms with E-state index in [0.29, 0.717) is 15.5 Å². The summed E-state index contributed by atoms with van der Waals surface area (Å²) in [4.78, 5) is 2.87. The zero-order chi connectivity index (χ0) is 13.1. The van der Waals surface area contributed by atoms with Crippen LogP contribution in [0.25, 0.3) is 0 Å². The van der Waals surface area contributed by atoms with Crippen molar-refractivity contribution in [2.24, 2.45) is 5.73 Å². The highest BCUT2D eigenvalue weighted by Gasteiger charge is 2.29. The first kappa shape index (κ1) is 13.9. The van der Waals surface area contributed by atoms with Crippen molar-refractivity contribution in [1.82, 2.24) is 4.90 Å². The van der Waals surface area contributed by atoms with E-state index in [4.69, 9.17) is 18.0 Å². The molecule has 1 aromatic carbocycles. The first-order valence-electron chi connectivity index (χ1n) is 6.03. The Morgan fingerprint density at radius 3 is 2.83 bits per heavy atom. The molecular formula is C13H16BrFN2S. The van der Waals surface area contributed by atoms with Gasteiger partial charge in [0.15, 0.2) is 0 Å². The van der Waals surface area contributed by atoms with Gasteiger partial charge in [0.2, 0.25) is 0 Å². The van der Waals surface area contributed by atoms with E-state index in [1.807, 2.05) is 6.07 Å². The Balaban J connectivity index is 2.04. The van der Waals surface area contributed by atoms with E-state index in [9.17, 15) is 4.39 Å². The quantitative estimate of drug-likeness (QED) is 0.812. The third-order valence-electron chi connectivity index (χ3n) is 3.11. The zero-order valence-electron chi connectivity index (χ0n) is 10.0. The molecule has 5 heteroatoms. The van der Waals surface area contributed by atoms with E-state index in [1.54, 1.807) is 6.07 Å². The maximum atomic E-state index is 13.5. The van der Waals surface area contributed by atoms with Gasteiger partial charge in [-0.1, -0.05) is 24.4 Å². The lowest BCUT2D eigenvalue weighted by molar-refractivity contribution is 0.262. The molecule has 2 rings (SSSR count). The normalized spacial score (nSPS) is 15.1. The summed E-state index contributed by atoms with van der Waals surface area (Å²) in [6, 6.07) is 5.76. The molecule has 0 amide bonds. The molecule has 18 heavy (non-hydrogen) atoms. The molecule has 0 spiro atoms. The molecule has 1 aliphatic carbocycles. The molecule has 0 heterocycles. The van der Waals surface area contributed by atoms with Crippen LogP contribution in [0.5, 0.6) is 0 Å². The first-order valence-corrected chi connectivity index (χ1v) is 7.23. The average Bonchev–Trinajstić information content (AvgIpc) is 3.13. The van der Waals surface area contributed by atoms with Gasteiger partial charge >= 0.3 is 0 Å². The van der Waals surface area contributed by atoms with Gasteiger partial charge in [-0.3, -0.25) is 4.90 Å². The molecule has 0 saturated heterocycles. The van der Waals surface area contributed by atoms with Crippen molar-refractivity contribution in [3.8, 4) is 0 Å². The average molecular weight is 331 g/mol. The highest BCUT2D eigenvalue weighted by atomic mass is 79.9. The predicted molar refractivity (Wildman–Crippen MR) is 78.9 cm³/mol. The minimum absolute atomic E-state index is 0.211. The second-order valence-electron chi connectivity index (χ2n) is 4.63. The predicted octanol–water partition coefficient (Wildman–Crippen LogP) is 3.23. The van der Waals surface area contributed by atoms with Crippen LogP contribution in [0.2, 0.25) is 0 Å². The van der Waals surface area contributed by atoms with Crippen LogP contribution >= 0.6 is 28.1 Å². The fourth-order valence-corrected chi connectivity index (χ4v) is 2.45. The Kier molecular flexibility index (Phi) is 4.70. The van der Waals surface area contributed by atoms with Crippen LogP contribution in [-0.2, 0) is 6.54 Å². The van der Waals surface area contributed by atoms with Gasteiger partial charge in [0.1, 0.15) is 5.82 Å². The third kappa shape index (κ3) is 3.73. The van der Waals surface area contributed by atoms with Gasteiger partial charge in [-0.2, -0.15) is 0 Å². The summed E-state index contributed by atoms with van der Waals surface area (Å²) in [7, 11) is 0. The van der Waals surface area contributed by atoms with E-state index >= 15 is 0 Å².